The van der Waals surface area contributed by atoms with Crippen molar-refractivity contribution in [3.8, 4) is 5.75 Å². The fourth-order valence-corrected chi connectivity index (χ4v) is 2.52. The van der Waals surface area contributed by atoms with Crippen molar-refractivity contribution in [3.63, 3.8) is 0 Å². The zero-order chi connectivity index (χ0) is 16.0. The number of nitrogens with two attached hydrogens (primary N) is 1. The number of thiocarbonyl (C=S) groups is 1. The molecule has 0 saturated carbocycles. The molecule has 0 spiro atoms. The van der Waals surface area contributed by atoms with Crippen LogP contribution in [0.5, 0.6) is 5.75 Å². The van der Waals surface area contributed by atoms with Crippen molar-refractivity contribution in [3.05, 3.63) is 27.2 Å². The first-order chi connectivity index (χ1) is 9.81. The van der Waals surface area contributed by atoms with Crippen molar-refractivity contribution >= 4 is 57.9 Å². The normalized spacial score (nSPS) is 10.3. The van der Waals surface area contributed by atoms with Crippen LogP contribution in [0.1, 0.15) is 12.8 Å². The third kappa shape index (κ3) is 6.26. The van der Waals surface area contributed by atoms with Crippen molar-refractivity contribution < 1.29 is 9.53 Å². The van der Waals surface area contributed by atoms with Gasteiger partial charge in [-0.2, -0.15) is 0 Å². The van der Waals surface area contributed by atoms with E-state index in [0.717, 1.165) is 0 Å². The number of hydrogen-bond acceptors (Lipinski definition) is 3. The second-order valence-electron chi connectivity index (χ2n) is 4.33. The van der Waals surface area contributed by atoms with Crippen molar-refractivity contribution in [1.82, 2.24) is 4.90 Å². The molecule has 0 aromatic heterocycles. The van der Waals surface area contributed by atoms with Gasteiger partial charge in [0.1, 0.15) is 0 Å². The lowest BCUT2D eigenvalue weighted by atomic mass is 10.3. The van der Waals surface area contributed by atoms with Crippen LogP contribution < -0.4 is 10.5 Å². The Kier molecular flexibility index (Phi) is 7.52. The van der Waals surface area contributed by atoms with E-state index in [2.05, 4.69) is 0 Å². The summed E-state index contributed by atoms with van der Waals surface area (Å²) in [6.07, 6.45) is 0.691. The maximum Gasteiger partial charge on any atom is 0.225 e. The molecule has 0 fully saturated rings. The molecule has 4 nitrogen and oxygen atoms in total. The Morgan fingerprint density at radius 2 is 1.86 bits per heavy atom. The van der Waals surface area contributed by atoms with Gasteiger partial charge >= 0.3 is 0 Å². The molecule has 1 aromatic rings. The molecule has 0 heterocycles. The van der Waals surface area contributed by atoms with E-state index in [-0.39, 0.29) is 18.9 Å². The van der Waals surface area contributed by atoms with Crippen LogP contribution in [0.25, 0.3) is 0 Å². The molecule has 1 rings (SSSR count). The second kappa shape index (κ2) is 8.63. The van der Waals surface area contributed by atoms with E-state index in [1.165, 1.54) is 12.1 Å². The highest BCUT2D eigenvalue weighted by Crippen LogP contribution is 2.35. The van der Waals surface area contributed by atoms with Gasteiger partial charge in [0.15, 0.2) is 5.75 Å². The average Bonchev–Trinajstić information content (AvgIpc) is 2.38. The number of halogens is 3. The summed E-state index contributed by atoms with van der Waals surface area (Å²) >= 11 is 22.5. The third-order valence-electron chi connectivity index (χ3n) is 2.64. The number of rotatable bonds is 7. The molecule has 0 aliphatic heterocycles. The number of hydrogen-bond donors (Lipinski definition) is 1. The number of ether oxygens (including phenoxy) is 1. The van der Waals surface area contributed by atoms with Crippen LogP contribution in [0, 0.1) is 0 Å². The van der Waals surface area contributed by atoms with Crippen molar-refractivity contribution in [2.24, 2.45) is 5.73 Å². The number of benzene rings is 1. The Hall–Kier alpha value is -0.750. The Bertz CT molecular complexity index is 517. The minimum Gasteiger partial charge on any atom is -0.490 e. The number of carbonyl (C=O) groups is 1. The number of nitrogens with zero attached hydrogens (tertiary/aromatic N) is 1. The third-order valence-corrected chi connectivity index (χ3v) is 3.63. The highest BCUT2D eigenvalue weighted by molar-refractivity contribution is 7.80. The monoisotopic (exact) mass is 368 g/mol. The number of carbonyl (C=O) groups excluding carboxylic acids is 1. The van der Waals surface area contributed by atoms with Gasteiger partial charge in [0.25, 0.3) is 0 Å². The van der Waals surface area contributed by atoms with Gasteiger partial charge in [-0.25, -0.2) is 0 Å². The average molecular weight is 370 g/mol. The Morgan fingerprint density at radius 1 is 1.29 bits per heavy atom. The topological polar surface area (TPSA) is 55.6 Å². The Balaban J connectivity index is 2.46. The molecule has 1 amide bonds. The van der Waals surface area contributed by atoms with Gasteiger partial charge in [0.05, 0.1) is 28.1 Å². The lowest BCUT2D eigenvalue weighted by Gasteiger charge is -2.17. The molecule has 21 heavy (non-hydrogen) atoms. The molecule has 0 radical (unpaired) electrons. The molecule has 0 bridgehead atoms. The lowest BCUT2D eigenvalue weighted by molar-refractivity contribution is -0.130. The smallest absolute Gasteiger partial charge is 0.225 e. The highest BCUT2D eigenvalue weighted by atomic mass is 35.5. The fourth-order valence-electron chi connectivity index (χ4n) is 1.50. The molecule has 0 aliphatic rings. The van der Waals surface area contributed by atoms with E-state index >= 15 is 0 Å². The standard InChI is InChI=1S/C13H15Cl3N2O2S/c1-18(4-2-11(17)21)12(19)3-5-20-13-9(15)6-8(14)7-10(13)16/h6-7H,2-5H2,1H3,(H2,17,21). The molecule has 1 aromatic carbocycles. The fraction of sp³-hybridized carbons (Fsp3) is 0.385. The molecule has 2 N–H and O–H groups in total. The number of amides is 1. The summed E-state index contributed by atoms with van der Waals surface area (Å²) in [7, 11) is 1.68. The van der Waals surface area contributed by atoms with Crippen LogP contribution in [-0.2, 0) is 4.79 Å². The summed E-state index contributed by atoms with van der Waals surface area (Å²) in [4.78, 5) is 13.8. The molecule has 0 aliphatic carbocycles. The SMILES string of the molecule is CN(CCC(N)=S)C(=O)CCOc1c(Cl)cc(Cl)cc1Cl. The Labute approximate surface area is 144 Å². The highest BCUT2D eigenvalue weighted by Gasteiger charge is 2.12. The van der Waals surface area contributed by atoms with E-state index in [4.69, 9.17) is 57.5 Å². The van der Waals surface area contributed by atoms with Crippen LogP contribution in [-0.4, -0.2) is 36.0 Å². The van der Waals surface area contributed by atoms with E-state index in [9.17, 15) is 4.79 Å². The Morgan fingerprint density at radius 3 is 2.38 bits per heavy atom. The molecule has 0 saturated heterocycles. The van der Waals surface area contributed by atoms with E-state index in [1.807, 2.05) is 0 Å². The zero-order valence-corrected chi connectivity index (χ0v) is 14.5. The molecule has 0 unspecified atom stereocenters. The molecule has 0 atom stereocenters. The molecule has 8 heteroatoms. The van der Waals surface area contributed by atoms with Gasteiger partial charge in [0.2, 0.25) is 5.91 Å². The van der Waals surface area contributed by atoms with Crippen LogP contribution in [0.2, 0.25) is 15.1 Å². The van der Waals surface area contributed by atoms with Gasteiger partial charge < -0.3 is 15.4 Å². The maximum atomic E-state index is 11.8. The van der Waals surface area contributed by atoms with Gasteiger partial charge in [-0.05, 0) is 12.1 Å². The summed E-state index contributed by atoms with van der Waals surface area (Å²) in [5.41, 5.74) is 5.39. The minimum atomic E-state index is -0.0764. The van der Waals surface area contributed by atoms with Gasteiger partial charge in [-0.1, -0.05) is 47.0 Å². The maximum absolute atomic E-state index is 11.8. The van der Waals surface area contributed by atoms with Gasteiger partial charge in [-0.15, -0.1) is 0 Å². The van der Waals surface area contributed by atoms with Crippen LogP contribution >= 0.6 is 47.0 Å². The van der Waals surface area contributed by atoms with Gasteiger partial charge in [0, 0.05) is 25.0 Å². The summed E-state index contributed by atoms with van der Waals surface area (Å²) < 4.78 is 5.45. The van der Waals surface area contributed by atoms with Crippen LogP contribution in [0.15, 0.2) is 12.1 Å². The largest absolute Gasteiger partial charge is 0.490 e. The molecular weight excluding hydrogens is 355 g/mol. The molecule has 116 valence electrons. The van der Waals surface area contributed by atoms with Crippen LogP contribution in [0.4, 0.5) is 0 Å². The van der Waals surface area contributed by atoms with Gasteiger partial charge in [-0.3, -0.25) is 4.79 Å². The molecular formula is C13H15Cl3N2O2S. The first-order valence-electron chi connectivity index (χ1n) is 6.11. The second-order valence-corrected chi connectivity index (χ2v) is 6.10. The summed E-state index contributed by atoms with van der Waals surface area (Å²) in [6.45, 7) is 0.647. The van der Waals surface area contributed by atoms with E-state index < -0.39 is 0 Å². The van der Waals surface area contributed by atoms with Crippen molar-refractivity contribution in [1.29, 1.82) is 0 Å². The first-order valence-corrected chi connectivity index (χ1v) is 7.65. The van der Waals surface area contributed by atoms with Crippen LogP contribution in [0.3, 0.4) is 0 Å². The first kappa shape index (κ1) is 18.3. The summed E-state index contributed by atoms with van der Waals surface area (Å²) in [5, 5.41) is 1.04. The van der Waals surface area contributed by atoms with Crippen molar-refractivity contribution in [2.75, 3.05) is 20.2 Å². The lowest BCUT2D eigenvalue weighted by Crippen LogP contribution is -2.30. The predicted molar refractivity (Wildman–Crippen MR) is 90.6 cm³/mol. The summed E-state index contributed by atoms with van der Waals surface area (Å²) in [5.74, 6) is 0.244. The van der Waals surface area contributed by atoms with E-state index in [1.54, 1.807) is 11.9 Å². The van der Waals surface area contributed by atoms with E-state index in [0.29, 0.717) is 38.8 Å². The minimum absolute atomic E-state index is 0.0764. The van der Waals surface area contributed by atoms with Crippen molar-refractivity contribution in [2.45, 2.75) is 12.8 Å². The summed E-state index contributed by atoms with van der Waals surface area (Å²) in [6, 6.07) is 3.06. The predicted octanol–water partition coefficient (Wildman–Crippen LogP) is 3.55. The quantitative estimate of drug-likeness (QED) is 0.747. The zero-order valence-electron chi connectivity index (χ0n) is 11.4.